The zero-order chi connectivity index (χ0) is 15.5. The van der Waals surface area contributed by atoms with Gasteiger partial charge in [-0.05, 0) is 44.9 Å². The van der Waals surface area contributed by atoms with Crippen molar-refractivity contribution in [1.29, 1.82) is 0 Å². The van der Waals surface area contributed by atoms with Crippen LogP contribution in [0.25, 0.3) is 0 Å². The van der Waals surface area contributed by atoms with Crippen LogP contribution in [-0.4, -0.2) is 16.3 Å². The molecular weight excluding hydrogens is 260 g/mol. The van der Waals surface area contributed by atoms with Crippen LogP contribution in [0.2, 0.25) is 0 Å². The van der Waals surface area contributed by atoms with Gasteiger partial charge >= 0.3 is 0 Å². The summed E-state index contributed by atoms with van der Waals surface area (Å²) in [6, 6.07) is 12.4. The average molecular weight is 286 g/mol. The Labute approximate surface area is 127 Å². The Hall–Kier alpha value is -1.58. The molecule has 114 valence electrons. The van der Waals surface area contributed by atoms with E-state index in [1.54, 1.807) is 0 Å². The predicted molar refractivity (Wildman–Crippen MR) is 87.3 cm³/mol. The maximum Gasteiger partial charge on any atom is 0.0652 e. The van der Waals surface area contributed by atoms with Gasteiger partial charge in [-0.15, -0.1) is 0 Å². The van der Waals surface area contributed by atoms with Crippen LogP contribution >= 0.6 is 0 Å². The average Bonchev–Trinajstić information content (AvgIpc) is 2.79. The van der Waals surface area contributed by atoms with Crippen LogP contribution in [-0.2, 0) is 18.6 Å². The van der Waals surface area contributed by atoms with E-state index >= 15 is 0 Å². The Balaban J connectivity index is 2.18. The molecule has 3 heteroatoms. The minimum atomic E-state index is -0.421. The number of aryl methyl sites for hydroxylation is 1. The Morgan fingerprint density at radius 3 is 2.38 bits per heavy atom. The first-order valence-corrected chi connectivity index (χ1v) is 7.59. The lowest BCUT2D eigenvalue weighted by Gasteiger charge is -2.29. The fraction of sp³-hybridized carbons (Fsp3) is 0.444. The van der Waals surface area contributed by atoms with E-state index in [0.29, 0.717) is 0 Å². The second-order valence-electron chi connectivity index (χ2n) is 5.85. The fourth-order valence-corrected chi connectivity index (χ4v) is 2.88. The second kappa shape index (κ2) is 6.46. The molecule has 0 aliphatic heterocycles. The first-order valence-electron chi connectivity index (χ1n) is 7.59. The lowest BCUT2D eigenvalue weighted by molar-refractivity contribution is 0.173. The molecule has 0 spiro atoms. The van der Waals surface area contributed by atoms with Gasteiger partial charge in [0.05, 0.1) is 12.1 Å². The molecule has 2 N–H and O–H groups in total. The maximum absolute atomic E-state index is 9.82. The van der Waals surface area contributed by atoms with Crippen LogP contribution in [0.15, 0.2) is 36.4 Å². The molecule has 21 heavy (non-hydrogen) atoms. The molecule has 0 saturated heterocycles. The molecule has 0 aliphatic carbocycles. The summed E-state index contributed by atoms with van der Waals surface area (Å²) in [4.78, 5) is 0. The molecular formula is C18H26N2O. The van der Waals surface area contributed by atoms with Gasteiger partial charge < -0.3 is 15.0 Å². The number of rotatable bonds is 6. The van der Waals surface area contributed by atoms with Crippen molar-refractivity contribution in [3.05, 3.63) is 58.9 Å². The zero-order valence-corrected chi connectivity index (χ0v) is 13.5. The maximum atomic E-state index is 9.82. The SMILES string of the molecule is CCn1c(C)cc(CNC(C)(CO)c2ccccc2)c1C. The van der Waals surface area contributed by atoms with Crippen molar-refractivity contribution in [3.8, 4) is 0 Å². The smallest absolute Gasteiger partial charge is 0.0652 e. The van der Waals surface area contributed by atoms with Gasteiger partial charge in [-0.25, -0.2) is 0 Å². The topological polar surface area (TPSA) is 37.2 Å². The molecule has 0 saturated carbocycles. The molecule has 1 aromatic heterocycles. The first kappa shape index (κ1) is 15.8. The summed E-state index contributed by atoms with van der Waals surface area (Å²) in [7, 11) is 0. The van der Waals surface area contributed by atoms with Crippen molar-refractivity contribution < 1.29 is 5.11 Å². The fourth-order valence-electron chi connectivity index (χ4n) is 2.88. The molecule has 0 bridgehead atoms. The molecule has 2 rings (SSSR count). The van der Waals surface area contributed by atoms with Crippen molar-refractivity contribution in [2.45, 2.75) is 46.3 Å². The van der Waals surface area contributed by atoms with Gasteiger partial charge in [-0.1, -0.05) is 30.3 Å². The lowest BCUT2D eigenvalue weighted by atomic mass is 9.92. The third kappa shape index (κ3) is 3.20. The third-order valence-electron chi connectivity index (χ3n) is 4.39. The monoisotopic (exact) mass is 286 g/mol. The number of nitrogens with one attached hydrogen (secondary N) is 1. The summed E-state index contributed by atoms with van der Waals surface area (Å²) in [5, 5.41) is 13.3. The van der Waals surface area contributed by atoms with Gasteiger partial charge in [0.15, 0.2) is 0 Å². The molecule has 2 aromatic rings. The molecule has 0 radical (unpaired) electrons. The summed E-state index contributed by atoms with van der Waals surface area (Å²) in [5.41, 5.74) is 4.57. The quantitative estimate of drug-likeness (QED) is 0.856. The Morgan fingerprint density at radius 1 is 1.19 bits per heavy atom. The molecule has 0 fully saturated rings. The molecule has 1 unspecified atom stereocenters. The van der Waals surface area contributed by atoms with E-state index in [0.717, 1.165) is 18.7 Å². The van der Waals surface area contributed by atoms with E-state index in [-0.39, 0.29) is 6.61 Å². The molecule has 0 amide bonds. The number of aliphatic hydroxyl groups is 1. The summed E-state index contributed by atoms with van der Waals surface area (Å²) in [5.74, 6) is 0. The van der Waals surface area contributed by atoms with E-state index < -0.39 is 5.54 Å². The number of benzene rings is 1. The summed E-state index contributed by atoms with van der Waals surface area (Å²) in [6.45, 7) is 10.3. The molecule has 0 aliphatic rings. The van der Waals surface area contributed by atoms with Crippen molar-refractivity contribution >= 4 is 0 Å². The number of aromatic nitrogens is 1. The molecule has 1 heterocycles. The van der Waals surface area contributed by atoms with E-state index in [1.807, 2.05) is 25.1 Å². The minimum absolute atomic E-state index is 0.0729. The van der Waals surface area contributed by atoms with Gasteiger partial charge in [0.1, 0.15) is 0 Å². The largest absolute Gasteiger partial charge is 0.394 e. The van der Waals surface area contributed by atoms with Crippen molar-refractivity contribution in [2.75, 3.05) is 6.61 Å². The van der Waals surface area contributed by atoms with Crippen molar-refractivity contribution in [3.63, 3.8) is 0 Å². The van der Waals surface area contributed by atoms with E-state index in [9.17, 15) is 5.11 Å². The number of hydrogen-bond donors (Lipinski definition) is 2. The highest BCUT2D eigenvalue weighted by molar-refractivity contribution is 5.28. The molecule has 3 nitrogen and oxygen atoms in total. The van der Waals surface area contributed by atoms with Crippen LogP contribution in [0.4, 0.5) is 0 Å². The van der Waals surface area contributed by atoms with Crippen LogP contribution in [0.1, 0.15) is 36.4 Å². The van der Waals surface area contributed by atoms with Crippen molar-refractivity contribution in [1.82, 2.24) is 9.88 Å². The normalized spacial score (nSPS) is 14.1. The third-order valence-corrected chi connectivity index (χ3v) is 4.39. The lowest BCUT2D eigenvalue weighted by Crippen LogP contribution is -2.42. The predicted octanol–water partition coefficient (Wildman–Crippen LogP) is 3.12. The van der Waals surface area contributed by atoms with E-state index in [1.165, 1.54) is 17.0 Å². The van der Waals surface area contributed by atoms with Gasteiger partial charge in [0.2, 0.25) is 0 Å². The molecule has 1 atom stereocenters. The minimum Gasteiger partial charge on any atom is -0.394 e. The summed E-state index contributed by atoms with van der Waals surface area (Å²) < 4.78 is 2.32. The van der Waals surface area contributed by atoms with Gasteiger partial charge in [-0.2, -0.15) is 0 Å². The highest BCUT2D eigenvalue weighted by Gasteiger charge is 2.25. The Morgan fingerprint density at radius 2 is 1.86 bits per heavy atom. The Bertz CT molecular complexity index is 589. The van der Waals surface area contributed by atoms with Gasteiger partial charge in [0.25, 0.3) is 0 Å². The highest BCUT2D eigenvalue weighted by Crippen LogP contribution is 2.22. The first-order chi connectivity index (χ1) is 10.0. The van der Waals surface area contributed by atoms with Crippen LogP contribution in [0, 0.1) is 13.8 Å². The molecule has 1 aromatic carbocycles. The zero-order valence-electron chi connectivity index (χ0n) is 13.5. The van der Waals surface area contributed by atoms with E-state index in [2.05, 4.69) is 48.9 Å². The van der Waals surface area contributed by atoms with Gasteiger partial charge in [0, 0.05) is 24.5 Å². The van der Waals surface area contributed by atoms with Crippen LogP contribution in [0.5, 0.6) is 0 Å². The van der Waals surface area contributed by atoms with Gasteiger partial charge in [-0.3, -0.25) is 0 Å². The highest BCUT2D eigenvalue weighted by atomic mass is 16.3. The number of aliphatic hydroxyl groups excluding tert-OH is 1. The summed E-state index contributed by atoms with van der Waals surface area (Å²) in [6.07, 6.45) is 0. The second-order valence-corrected chi connectivity index (χ2v) is 5.85. The van der Waals surface area contributed by atoms with E-state index in [4.69, 9.17) is 0 Å². The van der Waals surface area contributed by atoms with Crippen LogP contribution in [0.3, 0.4) is 0 Å². The summed E-state index contributed by atoms with van der Waals surface area (Å²) >= 11 is 0. The number of nitrogens with zero attached hydrogens (tertiary/aromatic N) is 1. The van der Waals surface area contributed by atoms with Crippen molar-refractivity contribution in [2.24, 2.45) is 0 Å². The van der Waals surface area contributed by atoms with Crippen LogP contribution < -0.4 is 5.32 Å². The Kier molecular flexibility index (Phi) is 4.86. The standard InChI is InChI=1S/C18H26N2O/c1-5-20-14(2)11-16(15(20)3)12-19-18(4,13-21)17-9-7-6-8-10-17/h6-11,19,21H,5,12-13H2,1-4H3. The number of hydrogen-bond acceptors (Lipinski definition) is 2.